The van der Waals surface area contributed by atoms with Gasteiger partial charge in [-0.15, -0.1) is 0 Å². The molecule has 2 aliphatic rings. The lowest BCUT2D eigenvalue weighted by atomic mass is 9.79. The fourth-order valence-electron chi connectivity index (χ4n) is 3.97. The summed E-state index contributed by atoms with van der Waals surface area (Å²) in [5, 5.41) is 0. The van der Waals surface area contributed by atoms with Crippen LogP contribution in [-0.2, 0) is 0 Å². The summed E-state index contributed by atoms with van der Waals surface area (Å²) in [4.78, 5) is 2.81. The third-order valence-corrected chi connectivity index (χ3v) is 5.18. The lowest BCUT2D eigenvalue weighted by Crippen LogP contribution is -2.52. The van der Waals surface area contributed by atoms with Gasteiger partial charge in [-0.05, 0) is 51.0 Å². The summed E-state index contributed by atoms with van der Waals surface area (Å²) in [6.07, 6.45) is 9.85. The molecular weight excluding hydrogens is 208 g/mol. The molecule has 2 heteroatoms. The molecule has 2 nitrogen and oxygen atoms in total. The largest absolute Gasteiger partial charge is 0.330 e. The van der Waals surface area contributed by atoms with Crippen LogP contribution in [0.3, 0.4) is 0 Å². The van der Waals surface area contributed by atoms with E-state index >= 15 is 0 Å². The van der Waals surface area contributed by atoms with Gasteiger partial charge in [0.05, 0.1) is 0 Å². The zero-order valence-electron chi connectivity index (χ0n) is 11.7. The highest BCUT2D eigenvalue weighted by atomic mass is 15.2. The molecule has 2 fully saturated rings. The second kappa shape index (κ2) is 6.19. The molecule has 100 valence electrons. The molecule has 4 unspecified atom stereocenters. The summed E-state index contributed by atoms with van der Waals surface area (Å²) in [7, 11) is 0. The number of nitrogens with two attached hydrogens (primary N) is 1. The van der Waals surface area contributed by atoms with E-state index in [1.165, 1.54) is 51.5 Å². The summed E-state index contributed by atoms with van der Waals surface area (Å²) in [6.45, 7) is 6.94. The number of nitrogens with zero attached hydrogens (tertiary/aromatic N) is 1. The van der Waals surface area contributed by atoms with E-state index in [1.807, 2.05) is 0 Å². The Hall–Kier alpha value is -0.0800. The minimum absolute atomic E-state index is 0.755. The maximum atomic E-state index is 5.88. The molecule has 1 aliphatic carbocycles. The van der Waals surface area contributed by atoms with Crippen molar-refractivity contribution in [2.45, 2.75) is 70.9 Å². The lowest BCUT2D eigenvalue weighted by Gasteiger charge is -2.47. The van der Waals surface area contributed by atoms with Crippen LogP contribution in [0, 0.1) is 11.8 Å². The Balaban J connectivity index is 2.01. The highest BCUT2D eigenvalue weighted by Crippen LogP contribution is 2.35. The first kappa shape index (κ1) is 13.4. The molecule has 2 N–H and O–H groups in total. The predicted octanol–water partition coefficient (Wildman–Crippen LogP) is 3.01. The van der Waals surface area contributed by atoms with Gasteiger partial charge >= 0.3 is 0 Å². The van der Waals surface area contributed by atoms with Crippen molar-refractivity contribution in [1.29, 1.82) is 0 Å². The van der Waals surface area contributed by atoms with Gasteiger partial charge in [-0.25, -0.2) is 0 Å². The monoisotopic (exact) mass is 238 g/mol. The van der Waals surface area contributed by atoms with Crippen LogP contribution in [0.25, 0.3) is 0 Å². The summed E-state index contributed by atoms with van der Waals surface area (Å²) in [6, 6.07) is 1.65. The molecule has 0 aromatic carbocycles. The first-order valence-corrected chi connectivity index (χ1v) is 7.72. The maximum absolute atomic E-state index is 5.88. The zero-order chi connectivity index (χ0) is 12.3. The Labute approximate surface area is 107 Å². The van der Waals surface area contributed by atoms with Gasteiger partial charge in [-0.1, -0.05) is 26.2 Å². The topological polar surface area (TPSA) is 29.3 Å². The van der Waals surface area contributed by atoms with E-state index in [-0.39, 0.29) is 0 Å². The first-order valence-electron chi connectivity index (χ1n) is 7.72. The van der Waals surface area contributed by atoms with Crippen LogP contribution < -0.4 is 5.73 Å². The van der Waals surface area contributed by atoms with Crippen LogP contribution in [0.15, 0.2) is 0 Å². The Morgan fingerprint density at radius 3 is 2.59 bits per heavy atom. The fraction of sp³-hybridized carbons (Fsp3) is 1.00. The van der Waals surface area contributed by atoms with Crippen molar-refractivity contribution in [1.82, 2.24) is 4.90 Å². The standard InChI is InChI=1S/C15H30N2/c1-3-14-6-4-5-7-15(14)17-11-13(10-16)9-8-12(17)2/h12-15H,3-11,16H2,1-2H3. The molecule has 0 radical (unpaired) electrons. The van der Waals surface area contributed by atoms with Gasteiger partial charge in [0.2, 0.25) is 0 Å². The Kier molecular flexibility index (Phi) is 4.87. The summed E-state index contributed by atoms with van der Waals surface area (Å²) < 4.78 is 0. The molecule has 1 saturated carbocycles. The highest BCUT2D eigenvalue weighted by molar-refractivity contribution is 4.89. The van der Waals surface area contributed by atoms with E-state index in [4.69, 9.17) is 5.73 Å². The predicted molar refractivity (Wildman–Crippen MR) is 74.0 cm³/mol. The van der Waals surface area contributed by atoms with E-state index in [9.17, 15) is 0 Å². The Morgan fingerprint density at radius 1 is 1.12 bits per heavy atom. The number of rotatable bonds is 3. The van der Waals surface area contributed by atoms with Gasteiger partial charge in [-0.2, -0.15) is 0 Å². The van der Waals surface area contributed by atoms with Gasteiger partial charge in [0.25, 0.3) is 0 Å². The number of hydrogen-bond donors (Lipinski definition) is 1. The third kappa shape index (κ3) is 3.03. The van der Waals surface area contributed by atoms with Crippen LogP contribution in [0.1, 0.15) is 58.8 Å². The smallest absolute Gasteiger partial charge is 0.0126 e. The van der Waals surface area contributed by atoms with Crippen molar-refractivity contribution < 1.29 is 0 Å². The second-order valence-corrected chi connectivity index (χ2v) is 6.25. The third-order valence-electron chi connectivity index (χ3n) is 5.18. The summed E-state index contributed by atoms with van der Waals surface area (Å²) in [5.74, 6) is 1.70. The SMILES string of the molecule is CCC1CCCCC1N1CC(CN)CCC1C. The molecule has 0 aromatic heterocycles. The van der Waals surface area contributed by atoms with E-state index in [0.29, 0.717) is 0 Å². The van der Waals surface area contributed by atoms with Gasteiger partial charge < -0.3 is 5.73 Å². The van der Waals surface area contributed by atoms with Crippen LogP contribution in [-0.4, -0.2) is 30.1 Å². The van der Waals surface area contributed by atoms with Crippen LogP contribution >= 0.6 is 0 Å². The van der Waals surface area contributed by atoms with Crippen LogP contribution in [0.4, 0.5) is 0 Å². The Morgan fingerprint density at radius 2 is 1.88 bits per heavy atom. The highest BCUT2D eigenvalue weighted by Gasteiger charge is 2.34. The molecule has 1 aliphatic heterocycles. The fourth-order valence-corrected chi connectivity index (χ4v) is 3.97. The van der Waals surface area contributed by atoms with Gasteiger partial charge in [0.1, 0.15) is 0 Å². The lowest BCUT2D eigenvalue weighted by molar-refractivity contribution is 0.0241. The van der Waals surface area contributed by atoms with Gasteiger partial charge in [0.15, 0.2) is 0 Å². The van der Waals surface area contributed by atoms with Crippen molar-refractivity contribution in [3.63, 3.8) is 0 Å². The average molecular weight is 238 g/mol. The molecule has 17 heavy (non-hydrogen) atoms. The number of likely N-dealkylation sites (tertiary alicyclic amines) is 1. The first-order chi connectivity index (χ1) is 8.26. The van der Waals surface area contributed by atoms with Crippen molar-refractivity contribution >= 4 is 0 Å². The minimum atomic E-state index is 0.755. The van der Waals surface area contributed by atoms with Crippen molar-refractivity contribution in [2.75, 3.05) is 13.1 Å². The molecule has 2 rings (SSSR count). The normalized spacial score (nSPS) is 40.4. The summed E-state index contributed by atoms with van der Waals surface area (Å²) in [5.41, 5.74) is 5.88. The van der Waals surface area contributed by atoms with Crippen LogP contribution in [0.2, 0.25) is 0 Å². The van der Waals surface area contributed by atoms with E-state index in [1.54, 1.807) is 0 Å². The zero-order valence-corrected chi connectivity index (χ0v) is 11.7. The number of piperidine rings is 1. The molecule has 0 amide bonds. The van der Waals surface area contributed by atoms with E-state index < -0.39 is 0 Å². The Bertz CT molecular complexity index is 229. The van der Waals surface area contributed by atoms with E-state index in [2.05, 4.69) is 18.7 Å². The molecule has 0 aromatic rings. The van der Waals surface area contributed by atoms with Crippen molar-refractivity contribution in [2.24, 2.45) is 17.6 Å². The molecule has 1 saturated heterocycles. The van der Waals surface area contributed by atoms with E-state index in [0.717, 1.165) is 30.5 Å². The molecule has 4 atom stereocenters. The number of hydrogen-bond acceptors (Lipinski definition) is 2. The molecule has 0 bridgehead atoms. The van der Waals surface area contributed by atoms with Crippen molar-refractivity contribution in [3.8, 4) is 0 Å². The summed E-state index contributed by atoms with van der Waals surface area (Å²) >= 11 is 0. The van der Waals surface area contributed by atoms with Gasteiger partial charge in [0, 0.05) is 18.6 Å². The average Bonchev–Trinajstić information content (AvgIpc) is 2.39. The molecule has 0 spiro atoms. The second-order valence-electron chi connectivity index (χ2n) is 6.25. The molecule has 1 heterocycles. The minimum Gasteiger partial charge on any atom is -0.330 e. The quantitative estimate of drug-likeness (QED) is 0.819. The van der Waals surface area contributed by atoms with Gasteiger partial charge in [-0.3, -0.25) is 4.90 Å². The van der Waals surface area contributed by atoms with Crippen LogP contribution in [0.5, 0.6) is 0 Å². The maximum Gasteiger partial charge on any atom is 0.0126 e. The molecular formula is C15H30N2. The van der Waals surface area contributed by atoms with Crippen molar-refractivity contribution in [3.05, 3.63) is 0 Å².